The zero-order valence-electron chi connectivity index (χ0n) is 39.9. The molecular formula is C52H66N2O13+2. The van der Waals surface area contributed by atoms with E-state index in [4.69, 9.17) is 33.2 Å². The fraction of sp³-hybridized carbons (Fsp3) is 0.462. The van der Waals surface area contributed by atoms with Crippen LogP contribution in [-0.4, -0.2) is 130 Å². The minimum Gasteiger partial charge on any atom is -0.496 e. The van der Waals surface area contributed by atoms with Crippen molar-refractivity contribution in [1.29, 1.82) is 0 Å². The Kier molecular flexibility index (Phi) is 17.2. The number of methoxy groups -OCH3 is 5. The van der Waals surface area contributed by atoms with Gasteiger partial charge in [-0.2, -0.15) is 0 Å². The number of quaternary nitrogens is 2. The number of carbonyl (C=O) groups excluding carboxylic acids is 2. The molecule has 15 heteroatoms. The molecule has 2 aliphatic rings. The molecule has 15 nitrogen and oxygen atoms in total. The summed E-state index contributed by atoms with van der Waals surface area (Å²) in [6.45, 7) is 2.91. The molecule has 2 aliphatic heterocycles. The van der Waals surface area contributed by atoms with Crippen LogP contribution in [0.25, 0.3) is 11.1 Å². The van der Waals surface area contributed by atoms with E-state index in [2.05, 4.69) is 32.0 Å². The highest BCUT2D eigenvalue weighted by Crippen LogP contribution is 2.48. The van der Waals surface area contributed by atoms with Crippen molar-refractivity contribution in [1.82, 2.24) is 0 Å². The quantitative estimate of drug-likeness (QED) is 0.0315. The topological polar surface area (TPSA) is 180 Å². The lowest BCUT2D eigenvalue weighted by Gasteiger charge is -2.46. The lowest BCUT2D eigenvalue weighted by molar-refractivity contribution is -0.941. The molecule has 0 saturated heterocycles. The second kappa shape index (κ2) is 22.8. The van der Waals surface area contributed by atoms with Gasteiger partial charge >= 0.3 is 11.9 Å². The first-order valence-electron chi connectivity index (χ1n) is 22.6. The molecule has 360 valence electrons. The number of aliphatic hydroxyl groups is 4. The largest absolute Gasteiger partial charge is 0.496 e. The zero-order valence-corrected chi connectivity index (χ0v) is 39.9. The van der Waals surface area contributed by atoms with Crippen LogP contribution in [0.5, 0.6) is 28.7 Å². The van der Waals surface area contributed by atoms with Crippen molar-refractivity contribution in [2.45, 2.75) is 71.1 Å². The van der Waals surface area contributed by atoms with Crippen LogP contribution in [0, 0.1) is 11.8 Å². The monoisotopic (exact) mass is 926 g/mol. The third-order valence-electron chi connectivity index (χ3n) is 13.5. The number of rotatable bonds is 20. The number of esters is 2. The number of carbonyl (C=O) groups is 2. The van der Waals surface area contributed by atoms with E-state index in [0.717, 1.165) is 59.4 Å². The molecule has 4 aromatic rings. The van der Waals surface area contributed by atoms with Gasteiger partial charge in [-0.25, -0.2) is 9.59 Å². The molecule has 0 spiro atoms. The standard InChI is InChI=1S/C52H66N2O13/c1-53(20-16-35-27-46(63-5)52(65-7)49(41(35)29-53)36-12-13-44(61-3)45(28-36)62-4)18-8-22-66-47(59)14-15-48(60)67-23-9-19-54(2)21-17-37-26-40(32-57)42(33-58)51(64-6)50(37)43(54)25-34-10-11-38(30-55)39(24-34)31-56/h10-13,24,26-28,43,55-58H,8-9,16-23,25,29-33H2,1-7H3/q+2. The van der Waals surface area contributed by atoms with E-state index in [9.17, 15) is 30.0 Å². The Morgan fingerprint density at radius 3 is 1.90 bits per heavy atom. The molecule has 3 atom stereocenters. The molecule has 67 heavy (non-hydrogen) atoms. The SMILES string of the molecule is COc1ccc(-c2c3c(cc(OC)c2OC)CC[N+](C)(CCCOC(=O)C#CC(=O)OCCC[N+]2(C)CCc4cc(CO)c(CO)c(OC)c4C2Cc2ccc(CO)c(CO)c2)C3)cc1OC. The van der Waals surface area contributed by atoms with E-state index in [-0.39, 0.29) is 45.7 Å². The van der Waals surface area contributed by atoms with Gasteiger partial charge in [0, 0.05) is 60.6 Å². The number of nitrogens with zero attached hydrogens (tertiary/aromatic N) is 2. The molecule has 2 heterocycles. The number of hydrogen-bond donors (Lipinski definition) is 4. The van der Waals surface area contributed by atoms with E-state index < -0.39 is 11.9 Å². The highest BCUT2D eigenvalue weighted by atomic mass is 16.5. The van der Waals surface area contributed by atoms with Crippen molar-refractivity contribution in [2.75, 3.05) is 89.0 Å². The fourth-order valence-electron chi connectivity index (χ4n) is 9.92. The highest BCUT2D eigenvalue weighted by Gasteiger charge is 2.42. The van der Waals surface area contributed by atoms with Crippen LogP contribution in [0.3, 0.4) is 0 Å². The van der Waals surface area contributed by atoms with Gasteiger partial charge in [-0.15, -0.1) is 0 Å². The number of ether oxygens (including phenoxy) is 7. The summed E-state index contributed by atoms with van der Waals surface area (Å²) in [5.74, 6) is 5.99. The molecule has 0 aliphatic carbocycles. The summed E-state index contributed by atoms with van der Waals surface area (Å²) in [7, 11) is 12.4. The van der Waals surface area contributed by atoms with E-state index in [0.29, 0.717) is 98.7 Å². The first-order valence-corrected chi connectivity index (χ1v) is 22.6. The minimum atomic E-state index is -0.825. The van der Waals surface area contributed by atoms with Crippen LogP contribution < -0.4 is 23.7 Å². The fourth-order valence-corrected chi connectivity index (χ4v) is 9.92. The van der Waals surface area contributed by atoms with Gasteiger partial charge in [0.25, 0.3) is 0 Å². The first-order chi connectivity index (χ1) is 32.3. The van der Waals surface area contributed by atoms with Crippen LogP contribution in [0.15, 0.2) is 48.5 Å². The number of aliphatic hydroxyl groups excluding tert-OH is 4. The summed E-state index contributed by atoms with van der Waals surface area (Å²) in [6.07, 6.45) is 3.12. The Bertz CT molecular complexity index is 2480. The molecule has 0 amide bonds. The van der Waals surface area contributed by atoms with Crippen LogP contribution >= 0.6 is 0 Å². The van der Waals surface area contributed by atoms with Crippen LogP contribution in [0.1, 0.15) is 69.0 Å². The molecule has 0 radical (unpaired) electrons. The Hall–Kier alpha value is -5.86. The summed E-state index contributed by atoms with van der Waals surface area (Å²) in [5, 5.41) is 40.4. The van der Waals surface area contributed by atoms with Crippen molar-refractivity contribution < 1.29 is 72.1 Å². The van der Waals surface area contributed by atoms with Gasteiger partial charge in [-0.1, -0.05) is 30.3 Å². The van der Waals surface area contributed by atoms with Crippen LogP contribution in [0.2, 0.25) is 0 Å². The van der Waals surface area contributed by atoms with E-state index in [1.165, 1.54) is 5.56 Å². The number of likely N-dealkylation sites (N-methyl/N-ethyl adjacent to an activating group) is 2. The molecule has 0 aromatic heterocycles. The predicted octanol–water partition coefficient (Wildman–Crippen LogP) is 4.73. The number of fused-ring (bicyclic) bond motifs is 2. The molecule has 0 saturated carbocycles. The van der Waals surface area contributed by atoms with Gasteiger partial charge in [0.1, 0.15) is 18.3 Å². The summed E-state index contributed by atoms with van der Waals surface area (Å²) < 4.78 is 40.9. The van der Waals surface area contributed by atoms with E-state index in [1.807, 2.05) is 42.5 Å². The second-order valence-corrected chi connectivity index (χ2v) is 17.7. The lowest BCUT2D eigenvalue weighted by atomic mass is 9.82. The average Bonchev–Trinajstić information content (AvgIpc) is 3.35. The smallest absolute Gasteiger partial charge is 0.384 e. The normalized spacial score (nSPS) is 18.4. The summed E-state index contributed by atoms with van der Waals surface area (Å²) in [6, 6.07) is 15.3. The summed E-state index contributed by atoms with van der Waals surface area (Å²) in [4.78, 5) is 25.3. The molecule has 3 unspecified atom stereocenters. The Morgan fingerprint density at radius 1 is 0.642 bits per heavy atom. The third-order valence-corrected chi connectivity index (χ3v) is 13.5. The van der Waals surface area contributed by atoms with Crippen molar-refractivity contribution in [3.8, 4) is 51.7 Å². The van der Waals surface area contributed by atoms with Crippen molar-refractivity contribution >= 4 is 11.9 Å². The van der Waals surface area contributed by atoms with Gasteiger partial charge in [-0.3, -0.25) is 0 Å². The van der Waals surface area contributed by atoms with Crippen LogP contribution in [0.4, 0.5) is 0 Å². The van der Waals surface area contributed by atoms with Crippen molar-refractivity contribution in [3.05, 3.63) is 98.6 Å². The maximum Gasteiger partial charge on any atom is 0.384 e. The van der Waals surface area contributed by atoms with Gasteiger partial charge in [-0.05, 0) is 57.1 Å². The maximum absolute atomic E-state index is 12.7. The Morgan fingerprint density at radius 2 is 1.28 bits per heavy atom. The second-order valence-electron chi connectivity index (χ2n) is 17.7. The molecular weight excluding hydrogens is 861 g/mol. The van der Waals surface area contributed by atoms with Gasteiger partial charge in [0.15, 0.2) is 23.0 Å². The number of benzene rings is 4. The Labute approximate surface area is 393 Å². The van der Waals surface area contributed by atoms with Gasteiger partial charge in [0.05, 0.1) is 121 Å². The molecule has 0 fully saturated rings. The van der Waals surface area contributed by atoms with Gasteiger partial charge < -0.3 is 62.6 Å². The average molecular weight is 927 g/mol. The summed E-state index contributed by atoms with van der Waals surface area (Å²) >= 11 is 0. The predicted molar refractivity (Wildman–Crippen MR) is 250 cm³/mol. The molecule has 6 rings (SSSR count). The highest BCUT2D eigenvalue weighted by molar-refractivity contribution is 5.98. The summed E-state index contributed by atoms with van der Waals surface area (Å²) in [5.41, 5.74) is 9.54. The third kappa shape index (κ3) is 11.3. The van der Waals surface area contributed by atoms with E-state index >= 15 is 0 Å². The van der Waals surface area contributed by atoms with Crippen molar-refractivity contribution in [3.63, 3.8) is 0 Å². The number of hydrogen-bond acceptors (Lipinski definition) is 13. The Balaban J connectivity index is 1.05. The van der Waals surface area contributed by atoms with Crippen molar-refractivity contribution in [2.24, 2.45) is 0 Å². The lowest BCUT2D eigenvalue weighted by Crippen LogP contribution is -2.53. The minimum absolute atomic E-state index is 0.0737. The maximum atomic E-state index is 12.7. The van der Waals surface area contributed by atoms with Gasteiger partial charge in [0.2, 0.25) is 0 Å². The zero-order chi connectivity index (χ0) is 48.3. The first kappa shape index (κ1) is 50.6. The van der Waals surface area contributed by atoms with Crippen LogP contribution in [-0.2, 0) is 71.3 Å². The molecule has 4 N–H and O–H groups in total. The van der Waals surface area contributed by atoms with E-state index in [1.54, 1.807) is 35.5 Å². The molecule has 4 aromatic carbocycles. The molecule has 0 bridgehead atoms.